The second-order valence-corrected chi connectivity index (χ2v) is 10.6. The average Bonchev–Trinajstić information content (AvgIpc) is 3.76. The minimum atomic E-state index is -0.239. The van der Waals surface area contributed by atoms with Crippen LogP contribution in [0, 0.1) is 17.3 Å². The first-order valence-corrected chi connectivity index (χ1v) is 12.9. The van der Waals surface area contributed by atoms with Crippen molar-refractivity contribution in [2.75, 3.05) is 12.4 Å². The Morgan fingerprint density at radius 1 is 1.18 bits per heavy atom. The number of hydrogen-bond donors (Lipinski definition) is 1. The SMILES string of the molecule is O=C(CSc1nnnn1-c1ccc(C2CC2)cc1Cl)Cc1ccc(C#CC2(CO)CC2)cc1Cl. The Morgan fingerprint density at radius 2 is 2.00 bits per heavy atom. The molecule has 3 aromatic rings. The van der Waals surface area contributed by atoms with Crippen molar-refractivity contribution in [3.05, 3.63) is 63.1 Å². The van der Waals surface area contributed by atoms with Gasteiger partial charge in [-0.3, -0.25) is 4.79 Å². The number of aromatic nitrogens is 4. The van der Waals surface area contributed by atoms with Gasteiger partial charge in [0.05, 0.1) is 28.5 Å². The molecule has 0 bridgehead atoms. The van der Waals surface area contributed by atoms with Crippen LogP contribution in [0.5, 0.6) is 0 Å². The fraction of sp³-hybridized carbons (Fsp3) is 0.360. The van der Waals surface area contributed by atoms with Gasteiger partial charge in [-0.25, -0.2) is 0 Å². The molecule has 0 aliphatic heterocycles. The Balaban J connectivity index is 1.21. The van der Waals surface area contributed by atoms with E-state index in [9.17, 15) is 9.90 Å². The topological polar surface area (TPSA) is 80.9 Å². The van der Waals surface area contributed by atoms with E-state index in [1.165, 1.54) is 30.2 Å². The van der Waals surface area contributed by atoms with Crippen LogP contribution in [0.1, 0.15) is 48.3 Å². The summed E-state index contributed by atoms with van der Waals surface area (Å²) in [5.41, 5.74) is 3.22. The number of rotatable bonds is 8. The Kier molecular flexibility index (Phi) is 6.67. The Morgan fingerprint density at radius 3 is 2.68 bits per heavy atom. The van der Waals surface area contributed by atoms with Gasteiger partial charge < -0.3 is 5.11 Å². The third-order valence-electron chi connectivity index (χ3n) is 6.12. The van der Waals surface area contributed by atoms with E-state index in [2.05, 4.69) is 33.4 Å². The number of nitrogens with zero attached hydrogens (tertiary/aromatic N) is 4. The molecule has 6 nitrogen and oxygen atoms in total. The number of carbonyl (C=O) groups excluding carboxylic acids is 1. The van der Waals surface area contributed by atoms with Crippen molar-refractivity contribution in [3.63, 3.8) is 0 Å². The molecule has 0 radical (unpaired) electrons. The van der Waals surface area contributed by atoms with Crippen LogP contribution in [0.25, 0.3) is 5.69 Å². The molecule has 34 heavy (non-hydrogen) atoms. The Labute approximate surface area is 212 Å². The maximum Gasteiger partial charge on any atom is 0.214 e. The smallest absolute Gasteiger partial charge is 0.214 e. The number of aliphatic hydroxyl groups excluding tert-OH is 1. The van der Waals surface area contributed by atoms with Crippen LogP contribution in [0.2, 0.25) is 10.0 Å². The molecule has 0 unspecified atom stereocenters. The van der Waals surface area contributed by atoms with E-state index in [0.717, 1.165) is 24.0 Å². The van der Waals surface area contributed by atoms with Gasteiger partial charge in [0.1, 0.15) is 5.78 Å². The van der Waals surface area contributed by atoms with Crippen molar-refractivity contribution in [3.8, 4) is 17.5 Å². The number of ketones is 1. The Bertz CT molecular complexity index is 1310. The van der Waals surface area contributed by atoms with Gasteiger partial charge in [0, 0.05) is 17.0 Å². The molecule has 174 valence electrons. The highest BCUT2D eigenvalue weighted by Gasteiger charge is 2.40. The molecule has 2 aromatic carbocycles. The molecule has 0 saturated heterocycles. The molecular formula is C25H22Cl2N4O2S. The lowest BCUT2D eigenvalue weighted by Gasteiger charge is -2.08. The summed E-state index contributed by atoms with van der Waals surface area (Å²) in [6.45, 7) is 0.0826. The maximum atomic E-state index is 12.7. The number of carbonyl (C=O) groups is 1. The van der Waals surface area contributed by atoms with Crippen molar-refractivity contribution in [2.45, 2.75) is 43.2 Å². The lowest BCUT2D eigenvalue weighted by atomic mass is 10.1. The van der Waals surface area contributed by atoms with Crippen LogP contribution in [-0.4, -0.2) is 43.5 Å². The van der Waals surface area contributed by atoms with E-state index >= 15 is 0 Å². The number of thioether (sulfide) groups is 1. The van der Waals surface area contributed by atoms with Gasteiger partial charge in [0.25, 0.3) is 0 Å². The lowest BCUT2D eigenvalue weighted by molar-refractivity contribution is -0.116. The zero-order valence-corrected chi connectivity index (χ0v) is 20.6. The van der Waals surface area contributed by atoms with Gasteiger partial charge in [-0.05, 0) is 77.4 Å². The highest BCUT2D eigenvalue weighted by atomic mass is 35.5. The van der Waals surface area contributed by atoms with Crippen LogP contribution in [-0.2, 0) is 11.2 Å². The molecule has 0 atom stereocenters. The minimum absolute atomic E-state index is 0.00711. The molecule has 1 N–H and O–H groups in total. The number of benzene rings is 2. The highest BCUT2D eigenvalue weighted by Crippen LogP contribution is 2.44. The zero-order chi connectivity index (χ0) is 23.7. The maximum absolute atomic E-state index is 12.7. The number of halogens is 2. The molecule has 0 spiro atoms. The third kappa shape index (κ3) is 5.31. The monoisotopic (exact) mass is 512 g/mol. The van der Waals surface area contributed by atoms with Crippen molar-refractivity contribution in [1.29, 1.82) is 0 Å². The van der Waals surface area contributed by atoms with Gasteiger partial charge in [0.2, 0.25) is 5.16 Å². The van der Waals surface area contributed by atoms with Gasteiger partial charge in [-0.15, -0.1) is 5.10 Å². The Hall–Kier alpha value is -2.37. The normalized spacial score (nSPS) is 16.1. The number of Topliss-reactive ketones (excluding diaryl/α,β-unsaturated/α-hetero) is 1. The molecule has 0 amide bonds. The molecule has 5 rings (SSSR count). The van der Waals surface area contributed by atoms with Crippen molar-refractivity contribution in [1.82, 2.24) is 20.2 Å². The number of tetrazole rings is 1. The van der Waals surface area contributed by atoms with Crippen LogP contribution in [0.3, 0.4) is 0 Å². The second kappa shape index (κ2) is 9.71. The van der Waals surface area contributed by atoms with Gasteiger partial charge in [-0.1, -0.05) is 58.9 Å². The number of hydrogen-bond acceptors (Lipinski definition) is 6. The van der Waals surface area contributed by atoms with Crippen molar-refractivity contribution in [2.24, 2.45) is 5.41 Å². The van der Waals surface area contributed by atoms with E-state index in [1.807, 2.05) is 24.3 Å². The summed E-state index contributed by atoms with van der Waals surface area (Å²) in [7, 11) is 0. The number of aliphatic hydroxyl groups is 1. The fourth-order valence-corrected chi connectivity index (χ4v) is 4.90. The van der Waals surface area contributed by atoms with Gasteiger partial charge >= 0.3 is 0 Å². The summed E-state index contributed by atoms with van der Waals surface area (Å²) in [5.74, 6) is 7.03. The lowest BCUT2D eigenvalue weighted by Crippen LogP contribution is -2.08. The molecular weight excluding hydrogens is 491 g/mol. The van der Waals surface area contributed by atoms with E-state index in [4.69, 9.17) is 23.2 Å². The van der Waals surface area contributed by atoms with Crippen molar-refractivity contribution >= 4 is 40.7 Å². The zero-order valence-electron chi connectivity index (χ0n) is 18.3. The summed E-state index contributed by atoms with van der Waals surface area (Å²) >= 11 is 14.2. The summed E-state index contributed by atoms with van der Waals surface area (Å²) < 4.78 is 1.57. The van der Waals surface area contributed by atoms with Crippen LogP contribution >= 0.6 is 35.0 Å². The van der Waals surface area contributed by atoms with Gasteiger partial charge in [0.15, 0.2) is 0 Å². The van der Waals surface area contributed by atoms with Crippen LogP contribution in [0.15, 0.2) is 41.6 Å². The largest absolute Gasteiger partial charge is 0.395 e. The van der Waals surface area contributed by atoms with Crippen LogP contribution < -0.4 is 0 Å². The van der Waals surface area contributed by atoms with Crippen molar-refractivity contribution < 1.29 is 9.90 Å². The first-order chi connectivity index (χ1) is 16.5. The van der Waals surface area contributed by atoms with Gasteiger partial charge in [-0.2, -0.15) is 4.68 Å². The standard InChI is InChI=1S/C25H22Cl2N4O2S/c26-21-11-16(7-8-25(15-32)9-10-25)1-2-19(21)12-20(33)14-34-24-28-29-30-31(24)23-6-5-18(13-22(23)27)17-3-4-17/h1-2,5-6,11,13,17,32H,3-4,9-10,12,14-15H2. The predicted octanol–water partition coefficient (Wildman–Crippen LogP) is 4.87. The van der Waals surface area contributed by atoms with E-state index in [-0.39, 0.29) is 30.0 Å². The predicted molar refractivity (Wildman–Crippen MR) is 133 cm³/mol. The van der Waals surface area contributed by atoms with E-state index in [0.29, 0.717) is 26.8 Å². The first kappa shape index (κ1) is 23.4. The average molecular weight is 513 g/mol. The summed E-state index contributed by atoms with van der Waals surface area (Å²) in [6.07, 6.45) is 4.46. The summed E-state index contributed by atoms with van der Waals surface area (Å²) in [6, 6.07) is 11.4. The third-order valence-corrected chi connectivity index (χ3v) is 7.75. The molecule has 1 aromatic heterocycles. The van der Waals surface area contributed by atoms with Crippen LogP contribution in [0.4, 0.5) is 0 Å². The molecule has 2 fully saturated rings. The molecule has 2 aliphatic carbocycles. The highest BCUT2D eigenvalue weighted by molar-refractivity contribution is 7.99. The second-order valence-electron chi connectivity index (χ2n) is 8.86. The summed E-state index contributed by atoms with van der Waals surface area (Å²) in [4.78, 5) is 12.7. The first-order valence-electron chi connectivity index (χ1n) is 11.1. The van der Waals surface area contributed by atoms with E-state index in [1.54, 1.807) is 10.7 Å². The minimum Gasteiger partial charge on any atom is -0.395 e. The fourth-order valence-electron chi connectivity index (χ4n) is 3.64. The molecule has 2 saturated carbocycles. The van der Waals surface area contributed by atoms with E-state index < -0.39 is 0 Å². The quantitative estimate of drug-likeness (QED) is 0.342. The molecule has 2 aliphatic rings. The molecule has 9 heteroatoms. The molecule has 1 heterocycles. The summed E-state index contributed by atoms with van der Waals surface area (Å²) in [5, 5.41) is 22.9.